The number of ether oxygens (including phenoxy) is 1. The summed E-state index contributed by atoms with van der Waals surface area (Å²) >= 11 is 3.30. The van der Waals surface area contributed by atoms with Crippen molar-refractivity contribution in [2.24, 2.45) is 0 Å². The Balaban J connectivity index is 2.36. The first-order valence-corrected chi connectivity index (χ1v) is 6.47. The number of nitrogen functional groups attached to an aromatic ring is 1. The van der Waals surface area contributed by atoms with Gasteiger partial charge in [0.15, 0.2) is 0 Å². The van der Waals surface area contributed by atoms with E-state index in [1.807, 2.05) is 13.0 Å². The third-order valence-corrected chi connectivity index (χ3v) is 3.19. The van der Waals surface area contributed by atoms with Crippen LogP contribution in [0.3, 0.4) is 0 Å². The fourth-order valence-electron chi connectivity index (χ4n) is 1.66. The zero-order chi connectivity index (χ0) is 14.9. The molecule has 0 saturated heterocycles. The molecule has 2 N–H and O–H groups in total. The lowest BCUT2D eigenvalue weighted by Gasteiger charge is -2.12. The Kier molecular flexibility index (Phi) is 3.94. The highest BCUT2D eigenvalue weighted by Crippen LogP contribution is 2.36. The molecule has 6 heteroatoms. The Hall–Kier alpha value is -1.69. The number of hydrogen-bond donors (Lipinski definition) is 1. The number of halogens is 4. The first kappa shape index (κ1) is 14.7. The molecule has 0 aliphatic carbocycles. The predicted octanol–water partition coefficient (Wildman–Crippen LogP) is 5.15. The van der Waals surface area contributed by atoms with E-state index in [4.69, 9.17) is 10.5 Å². The zero-order valence-corrected chi connectivity index (χ0v) is 12.0. The van der Waals surface area contributed by atoms with Gasteiger partial charge in [-0.3, -0.25) is 0 Å². The molecule has 0 amide bonds. The second-order valence-corrected chi connectivity index (χ2v) is 5.18. The number of benzene rings is 2. The molecular weight excluding hydrogens is 335 g/mol. The van der Waals surface area contributed by atoms with Gasteiger partial charge in [0, 0.05) is 11.8 Å². The summed E-state index contributed by atoms with van der Waals surface area (Å²) in [6, 6.07) is 8.43. The maximum Gasteiger partial charge on any atom is 0.416 e. The maximum absolute atomic E-state index is 12.7. The van der Waals surface area contributed by atoms with E-state index in [1.54, 1.807) is 12.1 Å². The van der Waals surface area contributed by atoms with Crippen molar-refractivity contribution in [3.05, 3.63) is 52.0 Å². The molecule has 2 aromatic rings. The van der Waals surface area contributed by atoms with E-state index < -0.39 is 11.7 Å². The molecule has 2 aromatic carbocycles. The van der Waals surface area contributed by atoms with Gasteiger partial charge in [-0.25, -0.2) is 0 Å². The molecule has 0 unspecified atom stereocenters. The normalized spacial score (nSPS) is 11.4. The summed E-state index contributed by atoms with van der Waals surface area (Å²) in [5.74, 6) is 0.469. The number of aryl methyl sites for hydroxylation is 1. The summed E-state index contributed by atoms with van der Waals surface area (Å²) in [4.78, 5) is 0. The van der Waals surface area contributed by atoms with Crippen LogP contribution in [-0.4, -0.2) is 0 Å². The molecule has 0 aromatic heterocycles. The van der Waals surface area contributed by atoms with Crippen LogP contribution in [0, 0.1) is 6.92 Å². The predicted molar refractivity (Wildman–Crippen MR) is 74.8 cm³/mol. The van der Waals surface area contributed by atoms with Gasteiger partial charge in [0.2, 0.25) is 0 Å². The highest BCUT2D eigenvalue weighted by Gasteiger charge is 2.31. The van der Waals surface area contributed by atoms with Gasteiger partial charge in [0.25, 0.3) is 0 Å². The van der Waals surface area contributed by atoms with Crippen LogP contribution in [0.25, 0.3) is 0 Å². The molecule has 0 bridgehead atoms. The lowest BCUT2D eigenvalue weighted by Crippen LogP contribution is -2.06. The van der Waals surface area contributed by atoms with Crippen LogP contribution in [0.1, 0.15) is 11.1 Å². The summed E-state index contributed by atoms with van der Waals surface area (Å²) in [5.41, 5.74) is 5.65. The molecule has 0 spiro atoms. The lowest BCUT2D eigenvalue weighted by molar-refractivity contribution is -0.137. The molecule has 0 saturated carbocycles. The van der Waals surface area contributed by atoms with Crippen molar-refractivity contribution in [3.8, 4) is 11.5 Å². The first-order valence-electron chi connectivity index (χ1n) is 5.67. The standard InChI is InChI=1S/C14H11BrF3NO/c1-8-2-3-13(12(15)4-8)20-11-6-9(14(16,17)18)5-10(19)7-11/h2-7H,19H2,1H3. The molecule has 0 fully saturated rings. The molecule has 0 aliphatic rings. The summed E-state index contributed by atoms with van der Waals surface area (Å²) in [5, 5.41) is 0. The van der Waals surface area contributed by atoms with Gasteiger partial charge in [0.1, 0.15) is 11.5 Å². The number of rotatable bonds is 2. The second-order valence-electron chi connectivity index (χ2n) is 4.32. The summed E-state index contributed by atoms with van der Waals surface area (Å²) in [6.07, 6.45) is -4.46. The van der Waals surface area contributed by atoms with E-state index in [1.165, 1.54) is 6.07 Å². The Morgan fingerprint density at radius 3 is 2.40 bits per heavy atom. The van der Waals surface area contributed by atoms with Crippen molar-refractivity contribution >= 4 is 21.6 Å². The minimum atomic E-state index is -4.46. The molecule has 2 rings (SSSR count). The highest BCUT2D eigenvalue weighted by atomic mass is 79.9. The van der Waals surface area contributed by atoms with Gasteiger partial charge in [-0.15, -0.1) is 0 Å². The number of hydrogen-bond acceptors (Lipinski definition) is 2. The van der Waals surface area contributed by atoms with Crippen LogP contribution in [-0.2, 0) is 6.18 Å². The Labute approximate surface area is 122 Å². The number of anilines is 1. The van der Waals surface area contributed by atoms with Gasteiger partial charge in [-0.1, -0.05) is 6.07 Å². The van der Waals surface area contributed by atoms with Crippen LogP contribution in [0.4, 0.5) is 18.9 Å². The molecule has 20 heavy (non-hydrogen) atoms. The van der Waals surface area contributed by atoms with Crippen LogP contribution >= 0.6 is 15.9 Å². The van der Waals surface area contributed by atoms with Gasteiger partial charge in [-0.2, -0.15) is 13.2 Å². The Morgan fingerprint density at radius 1 is 1.10 bits per heavy atom. The Bertz CT molecular complexity index is 641. The molecule has 0 heterocycles. The minimum absolute atomic E-state index is 0.00180. The maximum atomic E-state index is 12.7. The van der Waals surface area contributed by atoms with Crippen molar-refractivity contribution in [1.82, 2.24) is 0 Å². The van der Waals surface area contributed by atoms with Gasteiger partial charge in [-0.05, 0) is 52.7 Å². The summed E-state index contributed by atoms with van der Waals surface area (Å²) in [6.45, 7) is 1.90. The third kappa shape index (κ3) is 3.45. The third-order valence-electron chi connectivity index (χ3n) is 2.57. The van der Waals surface area contributed by atoms with Crippen LogP contribution in [0.15, 0.2) is 40.9 Å². The van der Waals surface area contributed by atoms with Crippen molar-refractivity contribution in [1.29, 1.82) is 0 Å². The van der Waals surface area contributed by atoms with E-state index in [0.29, 0.717) is 10.2 Å². The van der Waals surface area contributed by atoms with Crippen molar-refractivity contribution < 1.29 is 17.9 Å². The quantitative estimate of drug-likeness (QED) is 0.763. The Morgan fingerprint density at radius 2 is 1.80 bits per heavy atom. The molecule has 0 radical (unpaired) electrons. The largest absolute Gasteiger partial charge is 0.456 e. The molecule has 106 valence electrons. The van der Waals surface area contributed by atoms with E-state index in [9.17, 15) is 13.2 Å². The lowest BCUT2D eigenvalue weighted by atomic mass is 10.2. The monoisotopic (exact) mass is 345 g/mol. The van der Waals surface area contributed by atoms with Crippen molar-refractivity contribution in [2.75, 3.05) is 5.73 Å². The molecular formula is C14H11BrF3NO. The van der Waals surface area contributed by atoms with Gasteiger partial charge in [0.05, 0.1) is 10.0 Å². The van der Waals surface area contributed by atoms with Crippen molar-refractivity contribution in [3.63, 3.8) is 0 Å². The van der Waals surface area contributed by atoms with Crippen LogP contribution in [0.2, 0.25) is 0 Å². The smallest absolute Gasteiger partial charge is 0.416 e. The van der Waals surface area contributed by atoms with E-state index in [2.05, 4.69) is 15.9 Å². The molecule has 0 aliphatic heterocycles. The highest BCUT2D eigenvalue weighted by molar-refractivity contribution is 9.10. The van der Waals surface area contributed by atoms with Crippen molar-refractivity contribution in [2.45, 2.75) is 13.1 Å². The summed E-state index contributed by atoms with van der Waals surface area (Å²) in [7, 11) is 0. The molecule has 2 nitrogen and oxygen atoms in total. The molecule has 0 atom stereocenters. The van der Waals surface area contributed by atoms with Gasteiger partial charge < -0.3 is 10.5 Å². The van der Waals surface area contributed by atoms with Crippen LogP contribution in [0.5, 0.6) is 11.5 Å². The second kappa shape index (κ2) is 5.36. The van der Waals surface area contributed by atoms with Gasteiger partial charge >= 0.3 is 6.18 Å². The van der Waals surface area contributed by atoms with E-state index >= 15 is 0 Å². The van der Waals surface area contributed by atoms with E-state index in [0.717, 1.165) is 17.7 Å². The minimum Gasteiger partial charge on any atom is -0.456 e. The summed E-state index contributed by atoms with van der Waals surface area (Å²) < 4.78 is 44.2. The average molecular weight is 346 g/mol. The first-order chi connectivity index (χ1) is 9.25. The fraction of sp³-hybridized carbons (Fsp3) is 0.143. The fourth-order valence-corrected chi connectivity index (χ4v) is 2.23. The van der Waals surface area contributed by atoms with E-state index in [-0.39, 0.29) is 11.4 Å². The SMILES string of the molecule is Cc1ccc(Oc2cc(N)cc(C(F)(F)F)c2)c(Br)c1. The topological polar surface area (TPSA) is 35.2 Å². The zero-order valence-electron chi connectivity index (χ0n) is 10.5. The number of alkyl halides is 3. The number of nitrogens with two attached hydrogens (primary N) is 1. The van der Waals surface area contributed by atoms with Crippen LogP contribution < -0.4 is 10.5 Å². The average Bonchev–Trinajstić information content (AvgIpc) is 2.31.